The summed E-state index contributed by atoms with van der Waals surface area (Å²) in [5.41, 5.74) is 6.65. The minimum atomic E-state index is -0.380. The lowest BCUT2D eigenvalue weighted by Gasteiger charge is -2.13. The summed E-state index contributed by atoms with van der Waals surface area (Å²) in [7, 11) is 2.99. The zero-order chi connectivity index (χ0) is 13.8. The van der Waals surface area contributed by atoms with Gasteiger partial charge in [-0.3, -0.25) is 4.79 Å². The fourth-order valence-corrected chi connectivity index (χ4v) is 1.61. The highest BCUT2D eigenvalue weighted by atomic mass is 16.5. The zero-order valence-corrected chi connectivity index (χ0v) is 10.6. The Kier molecular flexibility index (Phi) is 3.61. The third-order valence-corrected chi connectivity index (χ3v) is 2.54. The first-order valence-electron chi connectivity index (χ1n) is 5.52. The number of ether oxygens (including phenoxy) is 2. The molecule has 0 radical (unpaired) electrons. The second kappa shape index (κ2) is 5.34. The molecule has 2 rings (SSSR count). The molecule has 2 aromatic rings. The summed E-state index contributed by atoms with van der Waals surface area (Å²) in [5.74, 6) is 0.724. The third kappa shape index (κ3) is 2.62. The lowest BCUT2D eigenvalue weighted by molar-refractivity contribution is 0.0996. The van der Waals surface area contributed by atoms with Crippen molar-refractivity contribution in [3.8, 4) is 11.5 Å². The normalized spacial score (nSPS) is 10.0. The van der Waals surface area contributed by atoms with E-state index in [1.165, 1.54) is 20.5 Å². The van der Waals surface area contributed by atoms with Crippen molar-refractivity contribution < 1.29 is 18.7 Å². The Balaban J connectivity index is 2.31. The van der Waals surface area contributed by atoms with Crippen LogP contribution in [0.4, 0.5) is 11.4 Å². The number of nitrogens with one attached hydrogen (secondary N) is 1. The molecule has 3 N–H and O–H groups in total. The maximum absolute atomic E-state index is 11.9. The van der Waals surface area contributed by atoms with Gasteiger partial charge in [0.2, 0.25) is 0 Å². The van der Waals surface area contributed by atoms with E-state index in [1.807, 2.05) is 0 Å². The van der Waals surface area contributed by atoms with Gasteiger partial charge in [-0.25, -0.2) is 0 Å². The molecule has 0 fully saturated rings. The van der Waals surface area contributed by atoms with E-state index in [2.05, 4.69) is 5.32 Å². The third-order valence-electron chi connectivity index (χ3n) is 2.54. The number of nitrogens with two attached hydrogens (primary N) is 1. The molecule has 0 saturated heterocycles. The number of furan rings is 1. The predicted octanol–water partition coefficient (Wildman–Crippen LogP) is 2.13. The van der Waals surface area contributed by atoms with E-state index in [0.29, 0.717) is 22.9 Å². The molecule has 0 aliphatic heterocycles. The van der Waals surface area contributed by atoms with Crippen molar-refractivity contribution >= 4 is 17.3 Å². The van der Waals surface area contributed by atoms with E-state index in [9.17, 15) is 4.79 Å². The standard InChI is InChI=1S/C13H14N2O4/c1-17-11-7-9(12(18-2)6-8(11)14)15-13(16)10-4-3-5-19-10/h3-7H,14H2,1-2H3,(H,15,16). The molecule has 6 nitrogen and oxygen atoms in total. The van der Waals surface area contributed by atoms with Crippen LogP contribution in [0.15, 0.2) is 34.9 Å². The van der Waals surface area contributed by atoms with Crippen LogP contribution in [-0.4, -0.2) is 20.1 Å². The number of nitrogen functional groups attached to an aromatic ring is 1. The minimum absolute atomic E-state index is 0.206. The van der Waals surface area contributed by atoms with Crippen LogP contribution in [0.25, 0.3) is 0 Å². The van der Waals surface area contributed by atoms with Crippen molar-refractivity contribution in [3.63, 3.8) is 0 Å². The fourth-order valence-electron chi connectivity index (χ4n) is 1.61. The number of rotatable bonds is 4. The molecule has 1 amide bonds. The highest BCUT2D eigenvalue weighted by Gasteiger charge is 2.14. The van der Waals surface area contributed by atoms with E-state index >= 15 is 0 Å². The maximum Gasteiger partial charge on any atom is 0.291 e. The number of amides is 1. The quantitative estimate of drug-likeness (QED) is 0.824. The Morgan fingerprint density at radius 3 is 2.58 bits per heavy atom. The van der Waals surface area contributed by atoms with Gasteiger partial charge in [-0.2, -0.15) is 0 Å². The molecule has 0 saturated carbocycles. The number of carbonyl (C=O) groups is 1. The molecular formula is C13H14N2O4. The Morgan fingerprint density at radius 2 is 2.00 bits per heavy atom. The van der Waals surface area contributed by atoms with E-state index in [-0.39, 0.29) is 11.7 Å². The van der Waals surface area contributed by atoms with Crippen LogP contribution in [0, 0.1) is 0 Å². The monoisotopic (exact) mass is 262 g/mol. The first-order chi connectivity index (χ1) is 9.15. The van der Waals surface area contributed by atoms with Crippen molar-refractivity contribution in [3.05, 3.63) is 36.3 Å². The van der Waals surface area contributed by atoms with E-state index in [0.717, 1.165) is 0 Å². The lowest BCUT2D eigenvalue weighted by Crippen LogP contribution is -2.12. The second-order valence-corrected chi connectivity index (χ2v) is 3.73. The molecule has 0 aliphatic rings. The topological polar surface area (TPSA) is 86.7 Å². The Morgan fingerprint density at radius 1 is 1.26 bits per heavy atom. The van der Waals surface area contributed by atoms with Crippen LogP contribution >= 0.6 is 0 Å². The van der Waals surface area contributed by atoms with Crippen LogP contribution in [0.5, 0.6) is 11.5 Å². The number of benzene rings is 1. The molecule has 100 valence electrons. The lowest BCUT2D eigenvalue weighted by atomic mass is 10.2. The number of carbonyl (C=O) groups excluding carboxylic acids is 1. The first-order valence-corrected chi connectivity index (χ1v) is 5.52. The Bertz CT molecular complexity index is 579. The molecular weight excluding hydrogens is 248 g/mol. The molecule has 0 unspecified atom stereocenters. The molecule has 0 spiro atoms. The van der Waals surface area contributed by atoms with Crippen molar-refractivity contribution in [2.75, 3.05) is 25.3 Å². The molecule has 0 bridgehead atoms. The number of anilines is 2. The molecule has 1 aromatic carbocycles. The van der Waals surface area contributed by atoms with Crippen LogP contribution in [0.1, 0.15) is 10.6 Å². The maximum atomic E-state index is 11.9. The zero-order valence-electron chi connectivity index (χ0n) is 10.6. The van der Waals surface area contributed by atoms with Gasteiger partial charge in [-0.1, -0.05) is 0 Å². The van der Waals surface area contributed by atoms with E-state index in [4.69, 9.17) is 19.6 Å². The van der Waals surface area contributed by atoms with Crippen molar-refractivity contribution in [2.45, 2.75) is 0 Å². The van der Waals surface area contributed by atoms with Crippen LogP contribution in [0.2, 0.25) is 0 Å². The predicted molar refractivity (Wildman–Crippen MR) is 70.6 cm³/mol. The summed E-state index contributed by atoms with van der Waals surface area (Å²) in [5, 5.41) is 2.67. The minimum Gasteiger partial charge on any atom is -0.495 e. The second-order valence-electron chi connectivity index (χ2n) is 3.73. The number of methoxy groups -OCH3 is 2. The van der Waals surface area contributed by atoms with Crippen LogP contribution in [0.3, 0.4) is 0 Å². The van der Waals surface area contributed by atoms with Crippen LogP contribution < -0.4 is 20.5 Å². The van der Waals surface area contributed by atoms with Crippen LogP contribution in [-0.2, 0) is 0 Å². The molecule has 0 atom stereocenters. The summed E-state index contributed by atoms with van der Waals surface area (Å²) in [4.78, 5) is 11.9. The summed E-state index contributed by atoms with van der Waals surface area (Å²) >= 11 is 0. The Hall–Kier alpha value is -2.63. The van der Waals surface area contributed by atoms with E-state index in [1.54, 1.807) is 24.3 Å². The number of hydrogen-bond donors (Lipinski definition) is 2. The van der Waals surface area contributed by atoms with Gasteiger partial charge in [0.15, 0.2) is 5.76 Å². The summed E-state index contributed by atoms with van der Waals surface area (Å²) < 4.78 is 15.3. The molecule has 19 heavy (non-hydrogen) atoms. The molecule has 6 heteroatoms. The highest BCUT2D eigenvalue weighted by molar-refractivity contribution is 6.03. The number of hydrogen-bond acceptors (Lipinski definition) is 5. The molecule has 1 heterocycles. The van der Waals surface area contributed by atoms with Gasteiger partial charge in [-0.15, -0.1) is 0 Å². The largest absolute Gasteiger partial charge is 0.495 e. The van der Waals surface area contributed by atoms with Gasteiger partial charge >= 0.3 is 0 Å². The van der Waals surface area contributed by atoms with Crippen molar-refractivity contribution in [1.82, 2.24) is 0 Å². The SMILES string of the molecule is COc1cc(NC(=O)c2ccco2)c(OC)cc1N. The average molecular weight is 262 g/mol. The van der Waals surface area contributed by atoms with Gasteiger partial charge in [-0.05, 0) is 12.1 Å². The van der Waals surface area contributed by atoms with Gasteiger partial charge in [0.25, 0.3) is 5.91 Å². The molecule has 0 aliphatic carbocycles. The smallest absolute Gasteiger partial charge is 0.291 e. The van der Waals surface area contributed by atoms with Gasteiger partial charge in [0.05, 0.1) is 31.9 Å². The van der Waals surface area contributed by atoms with Crippen molar-refractivity contribution in [2.24, 2.45) is 0 Å². The van der Waals surface area contributed by atoms with Gasteiger partial charge < -0.3 is 24.9 Å². The summed E-state index contributed by atoms with van der Waals surface area (Å²) in [6, 6.07) is 6.37. The summed E-state index contributed by atoms with van der Waals surface area (Å²) in [6.07, 6.45) is 1.43. The molecule has 1 aromatic heterocycles. The summed E-state index contributed by atoms with van der Waals surface area (Å²) in [6.45, 7) is 0. The first kappa shape index (κ1) is 12.8. The van der Waals surface area contributed by atoms with Gasteiger partial charge in [0.1, 0.15) is 11.5 Å². The highest BCUT2D eigenvalue weighted by Crippen LogP contribution is 2.34. The average Bonchev–Trinajstić information content (AvgIpc) is 2.94. The fraction of sp³-hybridized carbons (Fsp3) is 0.154. The van der Waals surface area contributed by atoms with E-state index < -0.39 is 0 Å². The Labute approximate surface area is 110 Å². The van der Waals surface area contributed by atoms with Gasteiger partial charge in [0, 0.05) is 12.1 Å². The van der Waals surface area contributed by atoms with Crippen molar-refractivity contribution in [1.29, 1.82) is 0 Å².